The first-order valence-corrected chi connectivity index (χ1v) is 6.44. The molecular formula is C15H27ClN2O. The van der Waals surface area contributed by atoms with Crippen molar-refractivity contribution in [1.82, 2.24) is 4.90 Å². The van der Waals surface area contributed by atoms with Gasteiger partial charge in [-0.05, 0) is 43.6 Å². The third-order valence-corrected chi connectivity index (χ3v) is 3.47. The van der Waals surface area contributed by atoms with Crippen LogP contribution in [0.1, 0.15) is 32.4 Å². The summed E-state index contributed by atoms with van der Waals surface area (Å²) in [6.07, 6.45) is 0. The number of rotatable bonds is 6. The van der Waals surface area contributed by atoms with E-state index >= 15 is 0 Å². The largest absolute Gasteiger partial charge is 0.497 e. The van der Waals surface area contributed by atoms with Crippen LogP contribution in [0.25, 0.3) is 0 Å². The van der Waals surface area contributed by atoms with E-state index in [0.29, 0.717) is 12.6 Å². The summed E-state index contributed by atoms with van der Waals surface area (Å²) in [6.45, 7) is 8.27. The van der Waals surface area contributed by atoms with Gasteiger partial charge in [0.15, 0.2) is 0 Å². The molecule has 0 aliphatic carbocycles. The summed E-state index contributed by atoms with van der Waals surface area (Å²) in [5.74, 6) is 0.908. The minimum atomic E-state index is 0. The third kappa shape index (κ3) is 5.39. The highest BCUT2D eigenvalue weighted by molar-refractivity contribution is 5.85. The van der Waals surface area contributed by atoms with Gasteiger partial charge in [0, 0.05) is 12.6 Å². The first-order chi connectivity index (χ1) is 8.39. The van der Waals surface area contributed by atoms with Crippen LogP contribution in [0.2, 0.25) is 0 Å². The number of ether oxygens (including phenoxy) is 1. The average molecular weight is 287 g/mol. The molecule has 0 aliphatic heterocycles. The standard InChI is InChI=1S/C15H26N2O.ClH/c1-12(17(4)11-15(2,3)10-16)13-7-6-8-14(9-13)18-5;/h6-9,12H,10-11,16H2,1-5H3;1H. The molecule has 110 valence electrons. The van der Waals surface area contributed by atoms with Crippen LogP contribution in [0.15, 0.2) is 24.3 Å². The van der Waals surface area contributed by atoms with Crippen molar-refractivity contribution in [2.24, 2.45) is 11.1 Å². The molecule has 0 amide bonds. The number of benzene rings is 1. The van der Waals surface area contributed by atoms with Gasteiger partial charge >= 0.3 is 0 Å². The van der Waals surface area contributed by atoms with Crippen LogP contribution in [0.5, 0.6) is 5.75 Å². The summed E-state index contributed by atoms with van der Waals surface area (Å²) in [5, 5.41) is 0. The van der Waals surface area contributed by atoms with Crippen molar-refractivity contribution in [1.29, 1.82) is 0 Å². The first kappa shape index (κ1) is 18.2. The molecule has 1 aromatic carbocycles. The fourth-order valence-corrected chi connectivity index (χ4v) is 2.03. The molecule has 1 unspecified atom stereocenters. The van der Waals surface area contributed by atoms with Gasteiger partial charge in [-0.1, -0.05) is 26.0 Å². The SMILES string of the molecule is COc1cccc(C(C)N(C)CC(C)(C)CN)c1.Cl. The molecule has 1 aromatic rings. The minimum absolute atomic E-state index is 0. The highest BCUT2D eigenvalue weighted by Gasteiger charge is 2.21. The Morgan fingerprint density at radius 3 is 2.53 bits per heavy atom. The van der Waals surface area contributed by atoms with Crippen LogP contribution < -0.4 is 10.5 Å². The Kier molecular flexibility index (Phi) is 7.42. The van der Waals surface area contributed by atoms with Gasteiger partial charge in [-0.15, -0.1) is 12.4 Å². The lowest BCUT2D eigenvalue weighted by Crippen LogP contribution is -2.37. The number of nitrogens with two attached hydrogens (primary N) is 1. The van der Waals surface area contributed by atoms with Crippen molar-refractivity contribution in [3.05, 3.63) is 29.8 Å². The average Bonchev–Trinajstić information content (AvgIpc) is 2.37. The molecule has 0 heterocycles. The number of hydrogen-bond donors (Lipinski definition) is 1. The van der Waals surface area contributed by atoms with Gasteiger partial charge in [0.05, 0.1) is 7.11 Å². The minimum Gasteiger partial charge on any atom is -0.497 e. The molecule has 0 aliphatic rings. The van der Waals surface area contributed by atoms with Crippen molar-refractivity contribution in [2.75, 3.05) is 27.2 Å². The number of methoxy groups -OCH3 is 1. The molecule has 0 radical (unpaired) electrons. The second-order valence-corrected chi connectivity index (χ2v) is 5.74. The van der Waals surface area contributed by atoms with Crippen LogP contribution >= 0.6 is 12.4 Å². The Morgan fingerprint density at radius 2 is 2.00 bits per heavy atom. The summed E-state index contributed by atoms with van der Waals surface area (Å²) in [4.78, 5) is 2.33. The molecule has 0 bridgehead atoms. The van der Waals surface area contributed by atoms with Gasteiger partial charge in [0.25, 0.3) is 0 Å². The Bertz CT molecular complexity index is 382. The van der Waals surface area contributed by atoms with Gasteiger partial charge in [0.1, 0.15) is 5.75 Å². The zero-order chi connectivity index (χ0) is 13.8. The highest BCUT2D eigenvalue weighted by atomic mass is 35.5. The van der Waals surface area contributed by atoms with E-state index in [1.54, 1.807) is 7.11 Å². The van der Waals surface area contributed by atoms with Crippen molar-refractivity contribution >= 4 is 12.4 Å². The highest BCUT2D eigenvalue weighted by Crippen LogP contribution is 2.25. The molecule has 3 nitrogen and oxygen atoms in total. The van der Waals surface area contributed by atoms with E-state index in [2.05, 4.69) is 44.9 Å². The number of nitrogens with zero attached hydrogens (tertiary/aromatic N) is 1. The lowest BCUT2D eigenvalue weighted by molar-refractivity contribution is 0.174. The molecule has 1 rings (SSSR count). The molecule has 1 atom stereocenters. The van der Waals surface area contributed by atoms with Crippen LogP contribution in [0, 0.1) is 5.41 Å². The molecule has 4 heteroatoms. The fourth-order valence-electron chi connectivity index (χ4n) is 2.03. The van der Waals surface area contributed by atoms with E-state index in [9.17, 15) is 0 Å². The van der Waals surface area contributed by atoms with Gasteiger partial charge in [0.2, 0.25) is 0 Å². The molecule has 2 N–H and O–H groups in total. The predicted molar refractivity (Wildman–Crippen MR) is 84.1 cm³/mol. The lowest BCUT2D eigenvalue weighted by atomic mass is 9.92. The first-order valence-electron chi connectivity index (χ1n) is 6.44. The number of hydrogen-bond acceptors (Lipinski definition) is 3. The summed E-state index contributed by atoms with van der Waals surface area (Å²) >= 11 is 0. The summed E-state index contributed by atoms with van der Waals surface area (Å²) < 4.78 is 5.27. The molecule has 0 aromatic heterocycles. The van der Waals surface area contributed by atoms with Crippen molar-refractivity contribution < 1.29 is 4.74 Å². The summed E-state index contributed by atoms with van der Waals surface area (Å²) in [6, 6.07) is 8.59. The molecule has 0 fully saturated rings. The van der Waals surface area contributed by atoms with E-state index in [0.717, 1.165) is 12.3 Å². The maximum absolute atomic E-state index is 5.79. The van der Waals surface area contributed by atoms with E-state index in [1.165, 1.54) is 5.56 Å². The fraction of sp³-hybridized carbons (Fsp3) is 0.600. The van der Waals surface area contributed by atoms with Crippen molar-refractivity contribution in [2.45, 2.75) is 26.8 Å². The predicted octanol–water partition coefficient (Wildman–Crippen LogP) is 3.09. The van der Waals surface area contributed by atoms with Gasteiger partial charge in [-0.2, -0.15) is 0 Å². The molecule has 0 saturated heterocycles. The molecule has 0 spiro atoms. The van der Waals surface area contributed by atoms with Crippen LogP contribution in [-0.4, -0.2) is 32.1 Å². The van der Waals surface area contributed by atoms with E-state index in [1.807, 2.05) is 12.1 Å². The van der Waals surface area contributed by atoms with Gasteiger partial charge in [-0.3, -0.25) is 4.90 Å². The normalized spacial score (nSPS) is 13.0. The maximum atomic E-state index is 5.79. The zero-order valence-corrected chi connectivity index (χ0v) is 13.5. The Balaban J connectivity index is 0.00000324. The second-order valence-electron chi connectivity index (χ2n) is 5.74. The second kappa shape index (κ2) is 7.73. The summed E-state index contributed by atoms with van der Waals surface area (Å²) in [5.41, 5.74) is 7.20. The smallest absolute Gasteiger partial charge is 0.119 e. The Morgan fingerprint density at radius 1 is 1.37 bits per heavy atom. The van der Waals surface area contributed by atoms with Crippen LogP contribution in [0.4, 0.5) is 0 Å². The lowest BCUT2D eigenvalue weighted by Gasteiger charge is -2.33. The van der Waals surface area contributed by atoms with E-state index in [4.69, 9.17) is 10.5 Å². The summed E-state index contributed by atoms with van der Waals surface area (Å²) in [7, 11) is 3.84. The van der Waals surface area contributed by atoms with Crippen molar-refractivity contribution in [3.8, 4) is 5.75 Å². The Labute approximate surface area is 123 Å². The van der Waals surface area contributed by atoms with Gasteiger partial charge < -0.3 is 10.5 Å². The van der Waals surface area contributed by atoms with Gasteiger partial charge in [-0.25, -0.2) is 0 Å². The third-order valence-electron chi connectivity index (χ3n) is 3.47. The number of halogens is 1. The molecule has 0 saturated carbocycles. The zero-order valence-electron chi connectivity index (χ0n) is 12.6. The van der Waals surface area contributed by atoms with Crippen molar-refractivity contribution in [3.63, 3.8) is 0 Å². The topological polar surface area (TPSA) is 38.5 Å². The maximum Gasteiger partial charge on any atom is 0.119 e. The Hall–Kier alpha value is -0.770. The molecular weight excluding hydrogens is 260 g/mol. The van der Waals surface area contributed by atoms with E-state index < -0.39 is 0 Å². The monoisotopic (exact) mass is 286 g/mol. The van der Waals surface area contributed by atoms with E-state index in [-0.39, 0.29) is 17.8 Å². The molecule has 19 heavy (non-hydrogen) atoms. The van der Waals surface area contributed by atoms with Crippen LogP contribution in [0.3, 0.4) is 0 Å². The van der Waals surface area contributed by atoms with Crippen LogP contribution in [-0.2, 0) is 0 Å². The quantitative estimate of drug-likeness (QED) is 0.873.